The summed E-state index contributed by atoms with van der Waals surface area (Å²) in [4.78, 5) is 0. The summed E-state index contributed by atoms with van der Waals surface area (Å²) in [6.45, 7) is 9.86. The third-order valence-electron chi connectivity index (χ3n) is 3.48. The molecule has 20 heavy (non-hydrogen) atoms. The van der Waals surface area contributed by atoms with Gasteiger partial charge < -0.3 is 14.8 Å². The minimum Gasteiger partial charge on any atom is -0.494 e. The Labute approximate surface area is 126 Å². The van der Waals surface area contributed by atoms with E-state index < -0.39 is 0 Å². The van der Waals surface area contributed by atoms with Gasteiger partial charge in [-0.1, -0.05) is 13.0 Å². The van der Waals surface area contributed by atoms with E-state index in [1.165, 1.54) is 11.1 Å². The Morgan fingerprint density at radius 2 is 2.20 bits per heavy atom. The minimum atomic E-state index is 0.381. The lowest BCUT2D eigenvalue weighted by Crippen LogP contribution is -2.30. The lowest BCUT2D eigenvalue weighted by Gasteiger charge is -2.25. The van der Waals surface area contributed by atoms with E-state index in [4.69, 9.17) is 9.47 Å². The number of rotatable bonds is 8. The van der Waals surface area contributed by atoms with Gasteiger partial charge in [-0.3, -0.25) is 0 Å². The molecule has 2 rings (SSSR count). The van der Waals surface area contributed by atoms with Gasteiger partial charge in [-0.15, -0.1) is 11.8 Å². The normalized spacial score (nSPS) is 16.8. The van der Waals surface area contributed by atoms with Crippen LogP contribution in [0, 0.1) is 0 Å². The van der Waals surface area contributed by atoms with Crippen molar-refractivity contribution >= 4 is 11.8 Å². The van der Waals surface area contributed by atoms with Crippen LogP contribution in [-0.2, 0) is 10.5 Å². The van der Waals surface area contributed by atoms with E-state index >= 15 is 0 Å². The Balaban J connectivity index is 2.07. The average molecular weight is 295 g/mol. The second kappa shape index (κ2) is 7.91. The molecule has 1 saturated heterocycles. The van der Waals surface area contributed by atoms with Gasteiger partial charge in [0.1, 0.15) is 5.75 Å². The molecule has 4 heteroatoms. The largest absolute Gasteiger partial charge is 0.494 e. The summed E-state index contributed by atoms with van der Waals surface area (Å²) in [6, 6.07) is 6.94. The first-order valence-corrected chi connectivity index (χ1v) is 8.47. The molecule has 3 nitrogen and oxygen atoms in total. The van der Waals surface area contributed by atoms with Gasteiger partial charge in [-0.05, 0) is 38.1 Å². The number of nitrogens with one attached hydrogen (secondary N) is 1. The van der Waals surface area contributed by atoms with Crippen LogP contribution in [0.2, 0.25) is 0 Å². The maximum absolute atomic E-state index is 5.75. The lowest BCUT2D eigenvalue weighted by atomic mass is 10.0. The SMILES string of the molecule is CCNC(C)c1ccc(OCC)c(CSC2COC2)c1. The fraction of sp³-hybridized carbons (Fsp3) is 0.625. The number of hydrogen-bond donors (Lipinski definition) is 1. The topological polar surface area (TPSA) is 30.5 Å². The molecule has 0 amide bonds. The van der Waals surface area contributed by atoms with Crippen molar-refractivity contribution in [3.05, 3.63) is 29.3 Å². The lowest BCUT2D eigenvalue weighted by molar-refractivity contribution is 0.0455. The Hall–Kier alpha value is -0.710. The van der Waals surface area contributed by atoms with Gasteiger partial charge in [0.15, 0.2) is 0 Å². The summed E-state index contributed by atoms with van der Waals surface area (Å²) < 4.78 is 11.0. The van der Waals surface area contributed by atoms with E-state index in [1.807, 2.05) is 18.7 Å². The second-order valence-electron chi connectivity index (χ2n) is 5.05. The summed E-state index contributed by atoms with van der Waals surface area (Å²) >= 11 is 1.96. The fourth-order valence-corrected chi connectivity index (χ4v) is 3.25. The molecule has 1 atom stereocenters. The van der Waals surface area contributed by atoms with Gasteiger partial charge in [0.2, 0.25) is 0 Å². The Morgan fingerprint density at radius 3 is 2.80 bits per heavy atom. The van der Waals surface area contributed by atoms with E-state index in [2.05, 4.69) is 37.4 Å². The van der Waals surface area contributed by atoms with Gasteiger partial charge in [0.25, 0.3) is 0 Å². The first kappa shape index (κ1) is 15.7. The molecular weight excluding hydrogens is 270 g/mol. The summed E-state index contributed by atoms with van der Waals surface area (Å²) in [5.74, 6) is 2.02. The van der Waals surface area contributed by atoms with E-state index in [-0.39, 0.29) is 0 Å². The van der Waals surface area contributed by atoms with Crippen LogP contribution in [0.15, 0.2) is 18.2 Å². The highest BCUT2D eigenvalue weighted by atomic mass is 32.2. The fourth-order valence-electron chi connectivity index (χ4n) is 2.22. The first-order valence-electron chi connectivity index (χ1n) is 7.43. The van der Waals surface area contributed by atoms with Crippen LogP contribution in [0.4, 0.5) is 0 Å². The highest BCUT2D eigenvalue weighted by molar-refractivity contribution is 7.99. The molecule has 1 aromatic carbocycles. The zero-order valence-corrected chi connectivity index (χ0v) is 13.5. The van der Waals surface area contributed by atoms with Crippen molar-refractivity contribution in [2.24, 2.45) is 0 Å². The van der Waals surface area contributed by atoms with E-state index in [9.17, 15) is 0 Å². The summed E-state index contributed by atoms with van der Waals surface area (Å²) in [5, 5.41) is 4.11. The zero-order valence-electron chi connectivity index (χ0n) is 12.6. The number of benzene rings is 1. The van der Waals surface area contributed by atoms with E-state index in [0.29, 0.717) is 17.9 Å². The van der Waals surface area contributed by atoms with Crippen molar-refractivity contribution in [1.82, 2.24) is 5.32 Å². The molecule has 1 fully saturated rings. The molecule has 112 valence electrons. The number of ether oxygens (including phenoxy) is 2. The summed E-state index contributed by atoms with van der Waals surface area (Å²) in [7, 11) is 0. The van der Waals surface area contributed by atoms with E-state index in [0.717, 1.165) is 31.3 Å². The maximum Gasteiger partial charge on any atom is 0.123 e. The summed E-state index contributed by atoms with van der Waals surface area (Å²) in [5.41, 5.74) is 2.63. The van der Waals surface area contributed by atoms with Gasteiger partial charge in [-0.2, -0.15) is 0 Å². The summed E-state index contributed by atoms with van der Waals surface area (Å²) in [6.07, 6.45) is 0. The maximum atomic E-state index is 5.75. The van der Waals surface area contributed by atoms with Crippen LogP contribution < -0.4 is 10.1 Å². The molecular formula is C16H25NO2S. The van der Waals surface area contributed by atoms with Crippen molar-refractivity contribution in [3.8, 4) is 5.75 Å². The molecule has 1 N–H and O–H groups in total. The van der Waals surface area contributed by atoms with Crippen LogP contribution in [0.25, 0.3) is 0 Å². The molecule has 1 aliphatic heterocycles. The molecule has 0 radical (unpaired) electrons. The number of hydrogen-bond acceptors (Lipinski definition) is 4. The van der Waals surface area contributed by atoms with Crippen molar-refractivity contribution in [3.63, 3.8) is 0 Å². The van der Waals surface area contributed by atoms with Gasteiger partial charge in [0, 0.05) is 17.4 Å². The third kappa shape index (κ3) is 4.14. The predicted octanol–water partition coefficient (Wildman–Crippen LogP) is 3.39. The predicted molar refractivity (Wildman–Crippen MR) is 85.6 cm³/mol. The van der Waals surface area contributed by atoms with Crippen LogP contribution in [0.3, 0.4) is 0 Å². The van der Waals surface area contributed by atoms with Crippen LogP contribution in [-0.4, -0.2) is 31.6 Å². The molecule has 0 spiro atoms. The molecule has 0 saturated carbocycles. The standard InChI is InChI=1S/C16H25NO2S/c1-4-17-12(3)13-6-7-16(19-5-2)14(8-13)11-20-15-9-18-10-15/h6-8,12,15,17H,4-5,9-11H2,1-3H3. The molecule has 1 aliphatic rings. The molecule has 1 unspecified atom stereocenters. The van der Waals surface area contributed by atoms with Gasteiger partial charge >= 0.3 is 0 Å². The van der Waals surface area contributed by atoms with Crippen molar-refractivity contribution in [2.45, 2.75) is 37.8 Å². The minimum absolute atomic E-state index is 0.381. The Kier molecular flexibility index (Phi) is 6.20. The average Bonchev–Trinajstić information content (AvgIpc) is 2.39. The van der Waals surface area contributed by atoms with Crippen molar-refractivity contribution in [1.29, 1.82) is 0 Å². The highest BCUT2D eigenvalue weighted by Crippen LogP contribution is 2.30. The van der Waals surface area contributed by atoms with Crippen LogP contribution >= 0.6 is 11.8 Å². The molecule has 0 bridgehead atoms. The van der Waals surface area contributed by atoms with Gasteiger partial charge in [-0.25, -0.2) is 0 Å². The molecule has 0 aliphatic carbocycles. The third-order valence-corrected chi connectivity index (χ3v) is 4.70. The molecule has 1 aromatic rings. The van der Waals surface area contributed by atoms with Crippen LogP contribution in [0.5, 0.6) is 5.75 Å². The second-order valence-corrected chi connectivity index (χ2v) is 6.34. The quantitative estimate of drug-likeness (QED) is 0.796. The van der Waals surface area contributed by atoms with Crippen molar-refractivity contribution < 1.29 is 9.47 Å². The Morgan fingerprint density at radius 1 is 1.40 bits per heavy atom. The monoisotopic (exact) mass is 295 g/mol. The van der Waals surface area contributed by atoms with E-state index in [1.54, 1.807) is 0 Å². The first-order chi connectivity index (χ1) is 9.74. The van der Waals surface area contributed by atoms with Crippen molar-refractivity contribution in [2.75, 3.05) is 26.4 Å². The Bertz CT molecular complexity index is 421. The van der Waals surface area contributed by atoms with Crippen LogP contribution in [0.1, 0.15) is 37.9 Å². The smallest absolute Gasteiger partial charge is 0.123 e. The number of thioether (sulfide) groups is 1. The molecule has 0 aromatic heterocycles. The zero-order chi connectivity index (χ0) is 14.4. The van der Waals surface area contributed by atoms with Gasteiger partial charge in [0.05, 0.1) is 25.1 Å². The highest BCUT2D eigenvalue weighted by Gasteiger charge is 2.19. The molecule has 1 heterocycles.